The fraction of sp³-hybridized carbons (Fsp3) is 0.400. The second-order valence-corrected chi connectivity index (χ2v) is 7.02. The number of fused-ring (bicyclic) bond motifs is 2. The van der Waals surface area contributed by atoms with E-state index in [1.54, 1.807) is 0 Å². The molecule has 32 heavy (non-hydrogen) atoms. The van der Waals surface area contributed by atoms with Gasteiger partial charge in [-0.05, 0) is 12.1 Å². The summed E-state index contributed by atoms with van der Waals surface area (Å²) in [6.07, 6.45) is 0. The molecule has 0 amide bonds. The van der Waals surface area contributed by atoms with Crippen molar-refractivity contribution in [3.05, 3.63) is 53.0 Å². The standard InChI is InChI=1S/C20H26N6O6/c27-9-7-21-3-5-23-19-15-16(20(26-25-19)24-6-4-22-8-10-28)18(32)14-12(30)2-1-11(29)13(14)17(15)31/h1-2,21-28H,3-10H2. The maximum absolute atomic E-state index is 13.3. The van der Waals surface area contributed by atoms with Gasteiger partial charge in [-0.2, -0.15) is 0 Å². The molecular weight excluding hydrogens is 420 g/mol. The number of aromatic amines is 2. The zero-order valence-electron chi connectivity index (χ0n) is 17.3. The third-order valence-electron chi connectivity index (χ3n) is 4.88. The Labute approximate surface area is 181 Å². The molecule has 0 saturated carbocycles. The molecule has 0 aliphatic heterocycles. The smallest absolute Gasteiger partial charge is 0.202 e. The number of aromatic nitrogens is 2. The summed E-state index contributed by atoms with van der Waals surface area (Å²) in [6.45, 7) is 2.42. The number of anilines is 2. The van der Waals surface area contributed by atoms with Crippen LogP contribution in [0.3, 0.4) is 0 Å². The minimum absolute atomic E-state index is 0.0175. The van der Waals surface area contributed by atoms with Crippen LogP contribution in [0.25, 0.3) is 21.5 Å². The van der Waals surface area contributed by atoms with Crippen LogP contribution in [0.4, 0.5) is 11.6 Å². The monoisotopic (exact) mass is 446 g/mol. The highest BCUT2D eigenvalue weighted by Gasteiger charge is 2.21. The highest BCUT2D eigenvalue weighted by molar-refractivity contribution is 6.06. The Morgan fingerprint density at radius 3 is 1.38 bits per heavy atom. The van der Waals surface area contributed by atoms with Crippen molar-refractivity contribution >= 4 is 33.2 Å². The predicted molar refractivity (Wildman–Crippen MR) is 123 cm³/mol. The molecule has 2 aromatic carbocycles. The summed E-state index contributed by atoms with van der Waals surface area (Å²) in [7, 11) is 0. The Balaban J connectivity index is 2.13. The molecule has 3 aromatic rings. The SMILES string of the molecule is O=c1ccc(=O)c2c(=O)c3c(NCCNCCO)[nH][nH]c(NCCNCCO)c3c(=O)c12. The molecule has 172 valence electrons. The van der Waals surface area contributed by atoms with Crippen LogP contribution in [0.15, 0.2) is 31.3 Å². The van der Waals surface area contributed by atoms with E-state index in [1.165, 1.54) is 0 Å². The highest BCUT2D eigenvalue weighted by atomic mass is 16.3. The molecule has 0 saturated heterocycles. The minimum Gasteiger partial charge on any atom is -0.395 e. The van der Waals surface area contributed by atoms with E-state index in [9.17, 15) is 19.2 Å². The Bertz CT molecular complexity index is 1200. The van der Waals surface area contributed by atoms with E-state index in [0.717, 1.165) is 12.1 Å². The van der Waals surface area contributed by atoms with E-state index >= 15 is 0 Å². The number of nitrogens with one attached hydrogen (secondary N) is 6. The van der Waals surface area contributed by atoms with Crippen molar-refractivity contribution in [3.63, 3.8) is 0 Å². The molecule has 0 fully saturated rings. The topological polar surface area (TPSA) is 188 Å². The van der Waals surface area contributed by atoms with Crippen LogP contribution < -0.4 is 43.0 Å². The van der Waals surface area contributed by atoms with Gasteiger partial charge in [0.25, 0.3) is 0 Å². The Morgan fingerprint density at radius 2 is 1.00 bits per heavy atom. The van der Waals surface area contributed by atoms with Gasteiger partial charge >= 0.3 is 0 Å². The summed E-state index contributed by atoms with van der Waals surface area (Å²) in [6, 6.07) is 1.99. The molecule has 0 atom stereocenters. The predicted octanol–water partition coefficient (Wildman–Crippen LogP) is -2.48. The number of aliphatic hydroxyl groups excluding tert-OH is 2. The highest BCUT2D eigenvalue weighted by Crippen LogP contribution is 2.21. The zero-order chi connectivity index (χ0) is 23.1. The molecular formula is C20H26N6O6. The third-order valence-corrected chi connectivity index (χ3v) is 4.88. The molecule has 0 bridgehead atoms. The summed E-state index contributed by atoms with van der Waals surface area (Å²) in [4.78, 5) is 51.2. The fourth-order valence-electron chi connectivity index (χ4n) is 3.44. The van der Waals surface area contributed by atoms with Gasteiger partial charge in [-0.15, -0.1) is 0 Å². The second kappa shape index (κ2) is 10.8. The van der Waals surface area contributed by atoms with Crippen LogP contribution in [0.5, 0.6) is 0 Å². The van der Waals surface area contributed by atoms with Crippen LogP contribution in [-0.4, -0.2) is 72.9 Å². The first kappa shape index (κ1) is 23.3. The number of hydrogen-bond acceptors (Lipinski definition) is 10. The van der Waals surface area contributed by atoms with E-state index < -0.39 is 32.5 Å². The largest absolute Gasteiger partial charge is 0.395 e. The van der Waals surface area contributed by atoms with Crippen LogP contribution in [-0.2, 0) is 0 Å². The number of benzene rings is 2. The molecule has 1 heterocycles. The Hall–Kier alpha value is -3.32. The van der Waals surface area contributed by atoms with Crippen LogP contribution >= 0.6 is 0 Å². The molecule has 0 aliphatic carbocycles. The minimum atomic E-state index is -0.713. The molecule has 12 heteroatoms. The van der Waals surface area contributed by atoms with Gasteiger partial charge < -0.3 is 31.5 Å². The van der Waals surface area contributed by atoms with Crippen molar-refractivity contribution in [1.29, 1.82) is 0 Å². The van der Waals surface area contributed by atoms with Crippen molar-refractivity contribution in [1.82, 2.24) is 20.8 Å². The van der Waals surface area contributed by atoms with Gasteiger partial charge in [-0.3, -0.25) is 29.4 Å². The van der Waals surface area contributed by atoms with Gasteiger partial charge in [0, 0.05) is 39.3 Å². The van der Waals surface area contributed by atoms with Crippen molar-refractivity contribution in [2.45, 2.75) is 0 Å². The first-order valence-corrected chi connectivity index (χ1v) is 10.2. The average Bonchev–Trinajstić information content (AvgIpc) is 2.78. The lowest BCUT2D eigenvalue weighted by atomic mass is 10.0. The molecule has 12 nitrogen and oxygen atoms in total. The fourth-order valence-corrected chi connectivity index (χ4v) is 3.44. The molecule has 0 aliphatic rings. The van der Waals surface area contributed by atoms with Crippen molar-refractivity contribution in [2.24, 2.45) is 0 Å². The number of rotatable bonds is 12. The maximum Gasteiger partial charge on any atom is 0.202 e. The number of H-pyrrole nitrogens is 2. The van der Waals surface area contributed by atoms with Gasteiger partial charge in [-0.25, -0.2) is 0 Å². The Morgan fingerprint density at radius 1 is 0.594 bits per heavy atom. The van der Waals surface area contributed by atoms with E-state index in [2.05, 4.69) is 31.5 Å². The lowest BCUT2D eigenvalue weighted by molar-refractivity contribution is 0.293. The summed E-state index contributed by atoms with van der Waals surface area (Å²) in [5, 5.41) is 34.4. The lowest BCUT2D eigenvalue weighted by Gasteiger charge is -2.15. The van der Waals surface area contributed by atoms with E-state index in [-0.39, 0.29) is 35.6 Å². The first-order chi connectivity index (χ1) is 15.5. The van der Waals surface area contributed by atoms with Crippen molar-refractivity contribution < 1.29 is 10.2 Å². The summed E-state index contributed by atoms with van der Waals surface area (Å²) >= 11 is 0. The van der Waals surface area contributed by atoms with Gasteiger partial charge in [0.15, 0.2) is 10.9 Å². The average molecular weight is 446 g/mol. The second-order valence-electron chi connectivity index (χ2n) is 7.02. The molecule has 0 radical (unpaired) electrons. The molecule has 3 rings (SSSR count). The molecule has 0 spiro atoms. The summed E-state index contributed by atoms with van der Waals surface area (Å²) < 4.78 is 0. The van der Waals surface area contributed by atoms with E-state index in [1.807, 2.05) is 0 Å². The maximum atomic E-state index is 13.3. The van der Waals surface area contributed by atoms with E-state index in [0.29, 0.717) is 39.3 Å². The van der Waals surface area contributed by atoms with Crippen LogP contribution in [0.1, 0.15) is 0 Å². The Kier molecular flexibility index (Phi) is 7.89. The quantitative estimate of drug-likeness (QED) is 0.109. The molecule has 8 N–H and O–H groups in total. The lowest BCUT2D eigenvalue weighted by Crippen LogP contribution is -2.29. The normalized spacial score (nSPS) is 11.3. The van der Waals surface area contributed by atoms with Crippen LogP contribution in [0, 0.1) is 0 Å². The number of aliphatic hydroxyl groups is 2. The number of hydrogen-bond donors (Lipinski definition) is 8. The van der Waals surface area contributed by atoms with Crippen LogP contribution in [0.2, 0.25) is 0 Å². The van der Waals surface area contributed by atoms with Crippen molar-refractivity contribution in [3.8, 4) is 0 Å². The third kappa shape index (κ3) is 4.78. The summed E-state index contributed by atoms with van der Waals surface area (Å²) in [5.74, 6) is 0.406. The molecule has 1 aromatic heterocycles. The van der Waals surface area contributed by atoms with E-state index in [4.69, 9.17) is 10.2 Å². The van der Waals surface area contributed by atoms with Crippen molar-refractivity contribution in [2.75, 3.05) is 63.1 Å². The summed E-state index contributed by atoms with van der Waals surface area (Å²) in [5.41, 5.74) is -2.80. The van der Waals surface area contributed by atoms with Gasteiger partial charge in [0.1, 0.15) is 11.6 Å². The molecule has 0 unspecified atom stereocenters. The van der Waals surface area contributed by atoms with Gasteiger partial charge in [0.2, 0.25) is 10.9 Å². The first-order valence-electron chi connectivity index (χ1n) is 10.2. The van der Waals surface area contributed by atoms with Gasteiger partial charge in [0.05, 0.1) is 34.8 Å². The zero-order valence-corrected chi connectivity index (χ0v) is 17.3. The van der Waals surface area contributed by atoms with Gasteiger partial charge in [-0.1, -0.05) is 0 Å².